The molecule has 1 aromatic carbocycles. The van der Waals surface area contributed by atoms with Gasteiger partial charge in [-0.25, -0.2) is 13.6 Å². The molecule has 2 rings (SSSR count). The highest BCUT2D eigenvalue weighted by Crippen LogP contribution is 2.33. The van der Waals surface area contributed by atoms with Crippen LogP contribution in [0.3, 0.4) is 0 Å². The van der Waals surface area contributed by atoms with Gasteiger partial charge in [-0.3, -0.25) is 4.79 Å². The van der Waals surface area contributed by atoms with Gasteiger partial charge in [-0.1, -0.05) is 23.2 Å². The van der Waals surface area contributed by atoms with Crippen LogP contribution in [0.5, 0.6) is 0 Å². The van der Waals surface area contributed by atoms with E-state index in [4.69, 9.17) is 32.8 Å². The lowest BCUT2D eigenvalue weighted by atomic mass is 10.3. The minimum absolute atomic E-state index is 0.0320. The molecule has 0 aliphatic heterocycles. The van der Waals surface area contributed by atoms with Gasteiger partial charge in [0.25, 0.3) is 5.91 Å². The Kier molecular flexibility index (Phi) is 4.64. The number of nitrogens with two attached hydrogens (primary N) is 1. The van der Waals surface area contributed by atoms with Crippen LogP contribution in [0.25, 0.3) is 0 Å². The van der Waals surface area contributed by atoms with Crippen LogP contribution in [0.2, 0.25) is 10.0 Å². The molecule has 0 radical (unpaired) electrons. The van der Waals surface area contributed by atoms with Gasteiger partial charge in [-0.05, 0) is 40.2 Å². The van der Waals surface area contributed by atoms with Crippen molar-refractivity contribution in [2.75, 3.05) is 5.32 Å². The van der Waals surface area contributed by atoms with Crippen LogP contribution in [0, 0.1) is 0 Å². The number of rotatable bonds is 3. The molecule has 112 valence electrons. The number of hydrogen-bond donors (Lipinski definition) is 2. The summed E-state index contributed by atoms with van der Waals surface area (Å²) in [4.78, 5) is 11.7. The first kappa shape index (κ1) is 16.3. The molecule has 1 aromatic heterocycles. The normalized spacial score (nSPS) is 11.4. The van der Waals surface area contributed by atoms with Crippen LogP contribution in [-0.2, 0) is 10.0 Å². The predicted octanol–water partition coefficient (Wildman–Crippen LogP) is 3.25. The largest absolute Gasteiger partial charge is 0.444 e. The molecule has 0 unspecified atom stereocenters. The molecule has 0 saturated carbocycles. The lowest BCUT2D eigenvalue weighted by Gasteiger charge is -2.09. The first-order chi connectivity index (χ1) is 9.68. The van der Waals surface area contributed by atoms with Gasteiger partial charge in [-0.2, -0.15) is 0 Å². The number of primary sulfonamides is 1. The maximum absolute atomic E-state index is 11.9. The standard InChI is InChI=1S/C11H7BrCl2N2O4S/c12-9-2-1-8(20-9)11(17)16-10-6(13)3-5(4-7(10)14)21(15,18)19/h1-4H,(H,16,17)(H2,15,18,19). The molecule has 0 spiro atoms. The van der Waals surface area contributed by atoms with Crippen LogP contribution in [-0.4, -0.2) is 14.3 Å². The van der Waals surface area contributed by atoms with Gasteiger partial charge in [0.1, 0.15) is 0 Å². The smallest absolute Gasteiger partial charge is 0.291 e. The third-order valence-electron chi connectivity index (χ3n) is 2.38. The summed E-state index contributed by atoms with van der Waals surface area (Å²) in [6.07, 6.45) is 0. The van der Waals surface area contributed by atoms with Crippen LogP contribution >= 0.6 is 39.1 Å². The van der Waals surface area contributed by atoms with Crippen molar-refractivity contribution in [3.05, 3.63) is 44.7 Å². The maximum Gasteiger partial charge on any atom is 0.291 e. The molecule has 0 bridgehead atoms. The fraction of sp³-hybridized carbons (Fsp3) is 0. The van der Waals surface area contributed by atoms with Crippen LogP contribution in [0.1, 0.15) is 10.6 Å². The molecule has 10 heteroatoms. The first-order valence-corrected chi connectivity index (χ1v) is 8.36. The van der Waals surface area contributed by atoms with E-state index in [9.17, 15) is 13.2 Å². The summed E-state index contributed by atoms with van der Waals surface area (Å²) in [6, 6.07) is 5.18. The summed E-state index contributed by atoms with van der Waals surface area (Å²) >= 11 is 14.9. The zero-order valence-electron chi connectivity index (χ0n) is 10.1. The van der Waals surface area contributed by atoms with Gasteiger partial charge in [0.2, 0.25) is 10.0 Å². The van der Waals surface area contributed by atoms with Gasteiger partial charge in [0.15, 0.2) is 10.4 Å². The number of carbonyl (C=O) groups is 1. The summed E-state index contributed by atoms with van der Waals surface area (Å²) in [5.41, 5.74) is 0.0586. The molecular weight excluding hydrogens is 407 g/mol. The monoisotopic (exact) mass is 412 g/mol. The predicted molar refractivity (Wildman–Crippen MR) is 82.2 cm³/mol. The molecule has 0 saturated heterocycles. The Morgan fingerprint density at radius 3 is 2.24 bits per heavy atom. The minimum atomic E-state index is -3.95. The van der Waals surface area contributed by atoms with E-state index < -0.39 is 15.9 Å². The summed E-state index contributed by atoms with van der Waals surface area (Å²) in [5.74, 6) is -0.558. The second kappa shape index (κ2) is 5.98. The molecular formula is C11H7BrCl2N2O4S. The van der Waals surface area contributed by atoms with Crippen LogP contribution < -0.4 is 10.5 Å². The van der Waals surface area contributed by atoms with Gasteiger partial charge in [-0.15, -0.1) is 0 Å². The third-order valence-corrected chi connectivity index (χ3v) is 4.29. The number of sulfonamides is 1. The summed E-state index contributed by atoms with van der Waals surface area (Å²) in [6.45, 7) is 0. The molecule has 3 N–H and O–H groups in total. The lowest BCUT2D eigenvalue weighted by molar-refractivity contribution is 0.0995. The maximum atomic E-state index is 11.9. The van der Waals surface area contributed by atoms with Gasteiger partial charge < -0.3 is 9.73 Å². The van der Waals surface area contributed by atoms with Gasteiger partial charge >= 0.3 is 0 Å². The van der Waals surface area contributed by atoms with Crippen molar-refractivity contribution in [1.82, 2.24) is 0 Å². The molecule has 0 fully saturated rings. The van der Waals surface area contributed by atoms with Crippen molar-refractivity contribution in [1.29, 1.82) is 0 Å². The zero-order valence-corrected chi connectivity index (χ0v) is 14.0. The second-order valence-corrected chi connectivity index (χ2v) is 7.02. The average Bonchev–Trinajstić information content (AvgIpc) is 2.79. The number of nitrogens with one attached hydrogen (secondary N) is 1. The van der Waals surface area contributed by atoms with E-state index in [-0.39, 0.29) is 26.4 Å². The second-order valence-electron chi connectivity index (χ2n) is 3.86. The first-order valence-electron chi connectivity index (χ1n) is 5.27. The van der Waals surface area contributed by atoms with Crippen LogP contribution in [0.15, 0.2) is 38.2 Å². The number of benzene rings is 1. The summed E-state index contributed by atoms with van der Waals surface area (Å²) in [7, 11) is -3.95. The highest BCUT2D eigenvalue weighted by Gasteiger charge is 2.18. The zero-order chi connectivity index (χ0) is 15.8. The van der Waals surface area contributed by atoms with E-state index in [1.165, 1.54) is 6.07 Å². The molecule has 0 aliphatic carbocycles. The molecule has 1 amide bonds. The van der Waals surface area contributed by atoms with Crippen LogP contribution in [0.4, 0.5) is 5.69 Å². The van der Waals surface area contributed by atoms with Crippen molar-refractivity contribution < 1.29 is 17.6 Å². The van der Waals surface area contributed by atoms with Gasteiger partial charge in [0, 0.05) is 0 Å². The number of anilines is 1. The lowest BCUT2D eigenvalue weighted by Crippen LogP contribution is -2.14. The Morgan fingerprint density at radius 1 is 1.24 bits per heavy atom. The Bertz CT molecular complexity index is 796. The Morgan fingerprint density at radius 2 is 1.81 bits per heavy atom. The average molecular weight is 414 g/mol. The van der Waals surface area contributed by atoms with Crippen molar-refractivity contribution in [2.24, 2.45) is 5.14 Å². The third kappa shape index (κ3) is 3.78. The van der Waals surface area contributed by atoms with Crippen molar-refractivity contribution in [3.8, 4) is 0 Å². The quantitative estimate of drug-likeness (QED) is 0.805. The van der Waals surface area contributed by atoms with Crippen molar-refractivity contribution in [2.45, 2.75) is 4.90 Å². The van der Waals surface area contributed by atoms with E-state index in [0.717, 1.165) is 12.1 Å². The van der Waals surface area contributed by atoms with E-state index in [1.54, 1.807) is 6.07 Å². The van der Waals surface area contributed by atoms with Crippen molar-refractivity contribution in [3.63, 3.8) is 0 Å². The van der Waals surface area contributed by atoms with E-state index in [0.29, 0.717) is 4.67 Å². The Hall–Kier alpha value is -1.06. The fourth-order valence-corrected chi connectivity index (χ4v) is 3.03. The molecule has 2 aromatic rings. The molecule has 1 heterocycles. The van der Waals surface area contributed by atoms with E-state index in [1.807, 2.05) is 0 Å². The minimum Gasteiger partial charge on any atom is -0.444 e. The Labute approximate surface area is 138 Å². The van der Waals surface area contributed by atoms with Gasteiger partial charge in [0.05, 0.1) is 20.6 Å². The summed E-state index contributed by atoms with van der Waals surface area (Å²) < 4.78 is 28.0. The Balaban J connectivity index is 2.35. The fourth-order valence-electron chi connectivity index (χ4n) is 1.45. The van der Waals surface area contributed by atoms with E-state index in [2.05, 4.69) is 21.2 Å². The molecule has 21 heavy (non-hydrogen) atoms. The highest BCUT2D eigenvalue weighted by molar-refractivity contribution is 9.10. The summed E-state index contributed by atoms with van der Waals surface area (Å²) in [5, 5.41) is 7.29. The number of halogens is 3. The SMILES string of the molecule is NS(=O)(=O)c1cc(Cl)c(NC(=O)c2ccc(Br)o2)c(Cl)c1. The van der Waals surface area contributed by atoms with Crippen molar-refractivity contribution >= 4 is 60.7 Å². The molecule has 0 aliphatic rings. The molecule has 0 atom stereocenters. The number of hydrogen-bond acceptors (Lipinski definition) is 4. The highest BCUT2D eigenvalue weighted by atomic mass is 79.9. The number of furan rings is 1. The topological polar surface area (TPSA) is 102 Å². The molecule has 6 nitrogen and oxygen atoms in total. The van der Waals surface area contributed by atoms with E-state index >= 15 is 0 Å². The number of amides is 1. The number of carbonyl (C=O) groups excluding carboxylic acids is 1.